The average Bonchev–Trinajstić information content (AvgIpc) is 3.63. The van der Waals surface area contributed by atoms with Gasteiger partial charge in [0.25, 0.3) is 0 Å². The van der Waals surface area contributed by atoms with Crippen LogP contribution in [0.4, 0.5) is 5.82 Å². The SMILES string of the molecule is C#C[C@@H](O)[C@@H](O[C@@H](CO)COC(Cc1ccccc1)(C(=O)O)c1cscn1)n1cnc2c(NC(C)C)nc(Cl)nc21. The number of terminal acetylenes is 1. The number of aliphatic hydroxyl groups excluding tert-OH is 2. The predicted molar refractivity (Wildman–Crippen MR) is 152 cm³/mol. The average molecular weight is 601 g/mol. The van der Waals surface area contributed by atoms with Gasteiger partial charge in [-0.1, -0.05) is 36.3 Å². The monoisotopic (exact) mass is 600 g/mol. The van der Waals surface area contributed by atoms with Crippen LogP contribution in [-0.2, 0) is 26.3 Å². The van der Waals surface area contributed by atoms with Crippen molar-refractivity contribution in [1.82, 2.24) is 24.5 Å². The molecule has 4 aromatic rings. The summed E-state index contributed by atoms with van der Waals surface area (Å²) < 4.78 is 13.4. The van der Waals surface area contributed by atoms with E-state index in [1.807, 2.05) is 19.9 Å². The lowest BCUT2D eigenvalue weighted by atomic mass is 9.91. The summed E-state index contributed by atoms with van der Waals surface area (Å²) in [6.45, 7) is 2.86. The zero-order valence-corrected chi connectivity index (χ0v) is 23.8. The second-order valence-electron chi connectivity index (χ2n) is 9.39. The number of halogens is 1. The number of aromatic nitrogens is 5. The Morgan fingerprint density at radius 3 is 2.63 bits per heavy atom. The van der Waals surface area contributed by atoms with Crippen LogP contribution in [0.15, 0.2) is 47.5 Å². The fraction of sp³-hybridized carbons (Fsp3) is 0.370. The molecular formula is C27H29ClN6O6S. The number of aliphatic carboxylic acids is 1. The van der Waals surface area contributed by atoms with Crippen LogP contribution in [-0.4, -0.2) is 77.3 Å². The highest BCUT2D eigenvalue weighted by atomic mass is 35.5. The number of carboxylic acids is 1. The molecule has 1 aromatic carbocycles. The highest BCUT2D eigenvalue weighted by Crippen LogP contribution is 2.32. The lowest BCUT2D eigenvalue weighted by molar-refractivity contribution is -0.185. The largest absolute Gasteiger partial charge is 0.479 e. The van der Waals surface area contributed by atoms with Crippen molar-refractivity contribution < 1.29 is 29.6 Å². The van der Waals surface area contributed by atoms with Crippen LogP contribution in [0, 0.1) is 12.3 Å². The molecule has 0 fully saturated rings. The number of rotatable bonds is 14. The number of fused-ring (bicyclic) bond motifs is 1. The van der Waals surface area contributed by atoms with Crippen LogP contribution in [0.3, 0.4) is 0 Å². The third-order valence-corrected chi connectivity index (χ3v) is 6.83. The fourth-order valence-corrected chi connectivity index (χ4v) is 4.93. The zero-order chi connectivity index (χ0) is 29.6. The first kappa shape index (κ1) is 30.3. The third-order valence-electron chi connectivity index (χ3n) is 6.07. The fourth-order valence-electron chi connectivity index (χ4n) is 4.15. The molecule has 0 spiro atoms. The van der Waals surface area contributed by atoms with Gasteiger partial charge in [-0.15, -0.1) is 17.8 Å². The number of ether oxygens (including phenoxy) is 2. The Hall–Kier alpha value is -3.64. The van der Waals surface area contributed by atoms with E-state index in [1.54, 1.807) is 29.6 Å². The van der Waals surface area contributed by atoms with Crippen molar-refractivity contribution in [2.24, 2.45) is 0 Å². The number of hydrogen-bond donors (Lipinski definition) is 4. The first-order valence-electron chi connectivity index (χ1n) is 12.6. The number of carboxylic acid groups (broad SMARTS) is 1. The van der Waals surface area contributed by atoms with E-state index in [-0.39, 0.29) is 35.7 Å². The Bertz CT molecular complexity index is 1500. The number of nitrogens with zero attached hydrogens (tertiary/aromatic N) is 5. The van der Waals surface area contributed by atoms with Gasteiger partial charge in [0.2, 0.25) is 10.9 Å². The molecule has 216 valence electrons. The molecule has 3 heterocycles. The molecule has 0 saturated heterocycles. The summed E-state index contributed by atoms with van der Waals surface area (Å²) in [6, 6.07) is 8.99. The van der Waals surface area contributed by atoms with Gasteiger partial charge in [0, 0.05) is 17.8 Å². The molecule has 4 rings (SSSR count). The minimum absolute atomic E-state index is 0.0108. The number of anilines is 1. The minimum Gasteiger partial charge on any atom is -0.479 e. The maximum Gasteiger partial charge on any atom is 0.342 e. The van der Waals surface area contributed by atoms with E-state index in [0.717, 1.165) is 0 Å². The van der Waals surface area contributed by atoms with Crippen LogP contribution < -0.4 is 5.32 Å². The third kappa shape index (κ3) is 6.82. The van der Waals surface area contributed by atoms with E-state index in [0.29, 0.717) is 16.9 Å². The second kappa shape index (κ2) is 13.3. The molecular weight excluding hydrogens is 572 g/mol. The standard InChI is InChI=1S/C27H29ClN6O6S/c1-4-19(36)24(34-14-29-21-22(31-16(2)3)32-26(28)33-23(21)34)40-18(11-35)12-39-27(25(37)38,20-13-41-15-30-20)10-17-8-6-5-7-9-17/h1,5-9,13-16,18-19,24,35-36H,10-12H2,2-3H3,(H,37,38)(H,31,32,33)/t18-,19+,24+,27?/m0/s1. The van der Waals surface area contributed by atoms with Gasteiger partial charge in [0.1, 0.15) is 6.10 Å². The number of nitrogens with one attached hydrogen (secondary N) is 1. The lowest BCUT2D eigenvalue weighted by Gasteiger charge is -2.32. The summed E-state index contributed by atoms with van der Waals surface area (Å²) in [4.78, 5) is 29.7. The van der Waals surface area contributed by atoms with Crippen molar-refractivity contribution in [3.8, 4) is 12.3 Å². The molecule has 0 aliphatic heterocycles. The molecule has 41 heavy (non-hydrogen) atoms. The Morgan fingerprint density at radius 1 is 1.27 bits per heavy atom. The second-order valence-corrected chi connectivity index (χ2v) is 10.4. The normalized spacial score (nSPS) is 15.2. The summed E-state index contributed by atoms with van der Waals surface area (Å²) in [6.07, 6.45) is 2.93. The number of benzene rings is 1. The van der Waals surface area contributed by atoms with E-state index >= 15 is 0 Å². The van der Waals surface area contributed by atoms with Gasteiger partial charge < -0.3 is 30.1 Å². The molecule has 0 bridgehead atoms. The molecule has 4 atom stereocenters. The molecule has 0 amide bonds. The molecule has 0 radical (unpaired) electrons. The first-order valence-corrected chi connectivity index (χ1v) is 13.9. The molecule has 0 saturated carbocycles. The number of aliphatic hydroxyl groups is 2. The number of thiazole rings is 1. The molecule has 0 aliphatic rings. The Labute approximate surface area is 245 Å². The molecule has 0 aliphatic carbocycles. The first-order chi connectivity index (χ1) is 19.7. The number of imidazole rings is 1. The molecule has 4 N–H and O–H groups in total. The summed E-state index contributed by atoms with van der Waals surface area (Å²) in [7, 11) is 0. The Kier molecular flexibility index (Phi) is 9.87. The van der Waals surface area contributed by atoms with Crippen molar-refractivity contribution >= 4 is 45.9 Å². The zero-order valence-electron chi connectivity index (χ0n) is 22.2. The van der Waals surface area contributed by atoms with E-state index in [9.17, 15) is 20.1 Å². The Balaban J connectivity index is 1.65. The maximum atomic E-state index is 12.7. The van der Waals surface area contributed by atoms with Crippen molar-refractivity contribution in [2.45, 2.75) is 50.3 Å². The van der Waals surface area contributed by atoms with Crippen LogP contribution >= 0.6 is 22.9 Å². The quantitative estimate of drug-likeness (QED) is 0.124. The van der Waals surface area contributed by atoms with Gasteiger partial charge in [-0.25, -0.2) is 14.8 Å². The van der Waals surface area contributed by atoms with E-state index < -0.39 is 36.6 Å². The van der Waals surface area contributed by atoms with Gasteiger partial charge >= 0.3 is 5.97 Å². The summed E-state index contributed by atoms with van der Waals surface area (Å²) in [5.74, 6) is 1.33. The molecule has 14 heteroatoms. The topological polar surface area (TPSA) is 165 Å². The predicted octanol–water partition coefficient (Wildman–Crippen LogP) is 2.87. The van der Waals surface area contributed by atoms with E-state index in [1.165, 1.54) is 27.7 Å². The molecule has 1 unspecified atom stereocenters. The van der Waals surface area contributed by atoms with Gasteiger partial charge in [-0.2, -0.15) is 9.97 Å². The van der Waals surface area contributed by atoms with Crippen LogP contribution in [0.5, 0.6) is 0 Å². The van der Waals surface area contributed by atoms with Crippen LogP contribution in [0.2, 0.25) is 5.28 Å². The summed E-state index contributed by atoms with van der Waals surface area (Å²) in [5.41, 5.74) is 1.12. The van der Waals surface area contributed by atoms with Gasteiger partial charge in [0.05, 0.1) is 30.7 Å². The number of hydrogen-bond acceptors (Lipinski definition) is 11. The van der Waals surface area contributed by atoms with Crippen LogP contribution in [0.25, 0.3) is 11.2 Å². The summed E-state index contributed by atoms with van der Waals surface area (Å²) in [5, 5.41) is 35.9. The van der Waals surface area contributed by atoms with Crippen molar-refractivity contribution in [3.05, 3.63) is 64.1 Å². The van der Waals surface area contributed by atoms with Crippen molar-refractivity contribution in [1.29, 1.82) is 0 Å². The number of carbonyl (C=O) groups is 1. The van der Waals surface area contributed by atoms with Gasteiger partial charge in [-0.05, 0) is 31.0 Å². The highest BCUT2D eigenvalue weighted by Gasteiger charge is 2.44. The van der Waals surface area contributed by atoms with Crippen molar-refractivity contribution in [2.75, 3.05) is 18.5 Å². The van der Waals surface area contributed by atoms with Gasteiger partial charge in [0.15, 0.2) is 29.3 Å². The van der Waals surface area contributed by atoms with Crippen molar-refractivity contribution in [3.63, 3.8) is 0 Å². The molecule has 12 nitrogen and oxygen atoms in total. The molecule has 3 aromatic heterocycles. The smallest absolute Gasteiger partial charge is 0.342 e. The maximum absolute atomic E-state index is 12.7. The van der Waals surface area contributed by atoms with E-state index in [4.69, 9.17) is 27.5 Å². The lowest BCUT2D eigenvalue weighted by Crippen LogP contribution is -2.44. The highest BCUT2D eigenvalue weighted by molar-refractivity contribution is 7.07. The minimum atomic E-state index is -1.88. The van der Waals surface area contributed by atoms with Gasteiger partial charge in [-0.3, -0.25) is 4.57 Å². The van der Waals surface area contributed by atoms with Crippen LogP contribution in [0.1, 0.15) is 31.3 Å². The Morgan fingerprint density at radius 2 is 2.02 bits per heavy atom. The van der Waals surface area contributed by atoms with E-state index in [2.05, 4.69) is 31.2 Å². The summed E-state index contributed by atoms with van der Waals surface area (Å²) >= 11 is 7.39.